The Morgan fingerprint density at radius 2 is 2.13 bits per heavy atom. The van der Waals surface area contributed by atoms with Gasteiger partial charge >= 0.3 is 0 Å². The van der Waals surface area contributed by atoms with Gasteiger partial charge in [-0.1, -0.05) is 30.3 Å². The Labute approximate surface area is 141 Å². The molecule has 2 heterocycles. The molecule has 1 amide bonds. The Bertz CT molecular complexity index is 632. The van der Waals surface area contributed by atoms with Gasteiger partial charge in [0.1, 0.15) is 6.10 Å². The van der Waals surface area contributed by atoms with Gasteiger partial charge < -0.3 is 15.0 Å². The Kier molecular flexibility index (Phi) is 6.15. The molecule has 3 rings (SSSR count). The number of aromatic nitrogens is 2. The van der Waals surface area contributed by atoms with Crippen molar-refractivity contribution in [1.82, 2.24) is 9.55 Å². The van der Waals surface area contributed by atoms with E-state index in [-0.39, 0.29) is 24.4 Å². The van der Waals surface area contributed by atoms with E-state index in [1.807, 2.05) is 41.1 Å². The lowest BCUT2D eigenvalue weighted by Crippen LogP contribution is -2.30. The van der Waals surface area contributed by atoms with Crippen LogP contribution in [0.5, 0.6) is 0 Å². The van der Waals surface area contributed by atoms with Crippen molar-refractivity contribution >= 4 is 24.3 Å². The number of anilines is 1. The molecule has 7 heteroatoms. The summed E-state index contributed by atoms with van der Waals surface area (Å²) in [7, 11) is 0. The van der Waals surface area contributed by atoms with Crippen molar-refractivity contribution in [2.45, 2.75) is 31.6 Å². The van der Waals surface area contributed by atoms with E-state index in [2.05, 4.69) is 10.3 Å². The fourth-order valence-electron chi connectivity index (χ4n) is 2.60. The minimum Gasteiger partial charge on any atom is -0.364 e. The molecule has 1 aromatic heterocycles. The zero-order valence-corrected chi connectivity index (χ0v) is 13.5. The molecule has 0 bridgehead atoms. The molecule has 0 unspecified atom stereocenters. The van der Waals surface area contributed by atoms with Gasteiger partial charge in [-0.2, -0.15) is 0 Å². The summed E-state index contributed by atoms with van der Waals surface area (Å²) in [5.74, 6) is 0.380. The fourth-order valence-corrected chi connectivity index (χ4v) is 2.60. The molecule has 0 aliphatic carbocycles. The lowest BCUT2D eigenvalue weighted by atomic mass is 10.2. The first-order valence-electron chi connectivity index (χ1n) is 7.47. The van der Waals surface area contributed by atoms with Crippen LogP contribution in [-0.2, 0) is 16.1 Å². The zero-order valence-electron chi connectivity index (χ0n) is 12.7. The highest BCUT2D eigenvalue weighted by atomic mass is 35.5. The molecule has 0 radical (unpaired) electrons. The van der Waals surface area contributed by atoms with Gasteiger partial charge in [0.05, 0.1) is 12.6 Å². The van der Waals surface area contributed by atoms with Gasteiger partial charge in [-0.15, -0.1) is 12.4 Å². The number of amides is 1. The highest BCUT2D eigenvalue weighted by Crippen LogP contribution is 2.20. The summed E-state index contributed by atoms with van der Waals surface area (Å²) in [6.45, 7) is 1.11. The maximum Gasteiger partial charge on any atom is 0.255 e. The first-order chi connectivity index (χ1) is 10.8. The molecule has 2 atom stereocenters. The first-order valence-corrected chi connectivity index (χ1v) is 7.47. The van der Waals surface area contributed by atoms with Crippen LogP contribution in [0.15, 0.2) is 42.7 Å². The Morgan fingerprint density at radius 3 is 2.83 bits per heavy atom. The summed E-state index contributed by atoms with van der Waals surface area (Å²) in [6.07, 6.45) is 4.60. The number of hydrogen-bond acceptors (Lipinski definition) is 4. The molecule has 2 aromatic rings. The summed E-state index contributed by atoms with van der Waals surface area (Å²) >= 11 is 0. The van der Waals surface area contributed by atoms with Crippen molar-refractivity contribution in [2.75, 3.05) is 11.9 Å². The average Bonchev–Trinajstić information content (AvgIpc) is 3.18. The molecule has 23 heavy (non-hydrogen) atoms. The third kappa shape index (κ3) is 4.31. The maximum atomic E-state index is 12.2. The van der Waals surface area contributed by atoms with Crippen LogP contribution >= 0.6 is 12.4 Å². The third-order valence-corrected chi connectivity index (χ3v) is 3.81. The van der Waals surface area contributed by atoms with Crippen LogP contribution in [0.4, 0.5) is 5.95 Å². The number of nitrogens with one attached hydrogen (secondary N) is 1. The standard InChI is InChI=1S/C16H20N4O2.ClH/c17-10-13-6-7-14(22-13)15(21)19-16-18-8-9-20(16)11-12-4-2-1-3-5-12;/h1-5,8-9,13-14H,6-7,10-11,17H2,(H,18,19,21);1H/t13-,14+;/m1./s1. The Morgan fingerprint density at radius 1 is 1.35 bits per heavy atom. The van der Waals surface area contributed by atoms with Gasteiger partial charge in [0, 0.05) is 18.9 Å². The van der Waals surface area contributed by atoms with E-state index in [1.54, 1.807) is 6.20 Å². The number of halogens is 1. The summed E-state index contributed by atoms with van der Waals surface area (Å²) in [5, 5.41) is 2.84. The van der Waals surface area contributed by atoms with Crippen LogP contribution in [0, 0.1) is 0 Å². The van der Waals surface area contributed by atoms with Crippen LogP contribution < -0.4 is 11.1 Å². The van der Waals surface area contributed by atoms with Crippen LogP contribution in [0.1, 0.15) is 18.4 Å². The van der Waals surface area contributed by atoms with Crippen molar-refractivity contribution in [2.24, 2.45) is 5.73 Å². The minimum absolute atomic E-state index is 0. The van der Waals surface area contributed by atoms with E-state index >= 15 is 0 Å². The van der Waals surface area contributed by atoms with E-state index < -0.39 is 6.10 Å². The summed E-state index contributed by atoms with van der Waals surface area (Å²) in [4.78, 5) is 16.5. The Hall–Kier alpha value is -1.89. The molecule has 1 saturated heterocycles. The molecule has 1 aliphatic rings. The third-order valence-electron chi connectivity index (χ3n) is 3.81. The van der Waals surface area contributed by atoms with E-state index in [4.69, 9.17) is 10.5 Å². The van der Waals surface area contributed by atoms with Crippen molar-refractivity contribution in [3.05, 3.63) is 48.3 Å². The number of carbonyl (C=O) groups is 1. The van der Waals surface area contributed by atoms with Gasteiger partial charge in [-0.3, -0.25) is 10.1 Å². The van der Waals surface area contributed by atoms with Gasteiger partial charge in [-0.05, 0) is 18.4 Å². The second-order valence-corrected chi connectivity index (χ2v) is 5.41. The number of benzene rings is 1. The SMILES string of the molecule is Cl.NC[C@H]1CC[C@@H](C(=O)Nc2nccn2Cc2ccccc2)O1. The van der Waals surface area contributed by atoms with Crippen LogP contribution in [0.25, 0.3) is 0 Å². The zero-order chi connectivity index (χ0) is 15.4. The van der Waals surface area contributed by atoms with Crippen LogP contribution in [-0.4, -0.2) is 34.2 Å². The quantitative estimate of drug-likeness (QED) is 0.872. The van der Waals surface area contributed by atoms with Crippen molar-refractivity contribution < 1.29 is 9.53 Å². The molecule has 0 spiro atoms. The lowest BCUT2D eigenvalue weighted by molar-refractivity contribution is -0.126. The van der Waals surface area contributed by atoms with Crippen LogP contribution in [0.2, 0.25) is 0 Å². The van der Waals surface area contributed by atoms with E-state index in [1.165, 1.54) is 0 Å². The number of nitrogens with two attached hydrogens (primary N) is 1. The predicted molar refractivity (Wildman–Crippen MR) is 90.6 cm³/mol. The summed E-state index contributed by atoms with van der Waals surface area (Å²) in [5.41, 5.74) is 6.72. The monoisotopic (exact) mass is 336 g/mol. The number of imidazole rings is 1. The van der Waals surface area contributed by atoms with E-state index in [0.29, 0.717) is 25.5 Å². The number of carbonyl (C=O) groups excluding carboxylic acids is 1. The number of nitrogens with zero attached hydrogens (tertiary/aromatic N) is 2. The molecule has 3 N–H and O–H groups in total. The fraction of sp³-hybridized carbons (Fsp3) is 0.375. The summed E-state index contributed by atoms with van der Waals surface area (Å²) < 4.78 is 7.51. The summed E-state index contributed by atoms with van der Waals surface area (Å²) in [6, 6.07) is 10.0. The number of hydrogen-bond donors (Lipinski definition) is 2. The lowest BCUT2D eigenvalue weighted by Gasteiger charge is -2.13. The topological polar surface area (TPSA) is 82.2 Å². The Balaban J connectivity index is 0.00000192. The normalized spacial score (nSPS) is 20.0. The molecule has 1 aliphatic heterocycles. The van der Waals surface area contributed by atoms with Gasteiger partial charge in [0.2, 0.25) is 5.95 Å². The van der Waals surface area contributed by atoms with Gasteiger partial charge in [0.25, 0.3) is 5.91 Å². The van der Waals surface area contributed by atoms with Gasteiger partial charge in [-0.25, -0.2) is 4.98 Å². The number of rotatable bonds is 5. The van der Waals surface area contributed by atoms with Crippen LogP contribution in [0.3, 0.4) is 0 Å². The van der Waals surface area contributed by atoms with Crippen molar-refractivity contribution in [3.63, 3.8) is 0 Å². The first kappa shape index (κ1) is 17.5. The molecule has 1 fully saturated rings. The molecule has 124 valence electrons. The highest BCUT2D eigenvalue weighted by molar-refractivity contribution is 5.93. The average molecular weight is 337 g/mol. The molecular weight excluding hydrogens is 316 g/mol. The minimum atomic E-state index is -0.435. The smallest absolute Gasteiger partial charge is 0.255 e. The largest absolute Gasteiger partial charge is 0.364 e. The predicted octanol–water partition coefficient (Wildman–Crippen LogP) is 1.80. The molecule has 0 saturated carbocycles. The van der Waals surface area contributed by atoms with E-state index in [0.717, 1.165) is 12.0 Å². The van der Waals surface area contributed by atoms with Gasteiger partial charge in [0.15, 0.2) is 0 Å². The molecular formula is C16H21ClN4O2. The molecule has 1 aromatic carbocycles. The second kappa shape index (κ2) is 8.10. The highest BCUT2D eigenvalue weighted by Gasteiger charge is 2.30. The molecule has 6 nitrogen and oxygen atoms in total. The number of ether oxygens (including phenoxy) is 1. The van der Waals surface area contributed by atoms with E-state index in [9.17, 15) is 4.79 Å². The van der Waals surface area contributed by atoms with Crippen molar-refractivity contribution in [3.8, 4) is 0 Å². The van der Waals surface area contributed by atoms with Crippen molar-refractivity contribution in [1.29, 1.82) is 0 Å². The second-order valence-electron chi connectivity index (χ2n) is 5.41. The maximum absolute atomic E-state index is 12.2.